The molecule has 0 heterocycles. The number of alkyl halides is 3. The maximum atomic E-state index is 12.7. The molecule has 0 aromatic heterocycles. The number of nitrogens with one attached hydrogen (secondary N) is 1. The van der Waals surface area contributed by atoms with E-state index < -0.39 is 17.5 Å². The second-order valence-corrected chi connectivity index (χ2v) is 4.73. The molecular weight excluding hydrogens is 285 g/mol. The molecule has 0 aliphatic heterocycles. The van der Waals surface area contributed by atoms with E-state index in [0.717, 1.165) is 18.6 Å². The van der Waals surface area contributed by atoms with E-state index in [1.54, 1.807) is 4.90 Å². The fourth-order valence-electron chi connectivity index (χ4n) is 1.98. The number of carbonyl (C=O) groups excluding carboxylic acids is 1. The number of hydrogen-bond donors (Lipinski definition) is 2. The lowest BCUT2D eigenvalue weighted by molar-refractivity contribution is -0.138. The highest BCUT2D eigenvalue weighted by Gasteiger charge is 2.34. The number of halogens is 3. The molecule has 0 unspecified atom stereocenters. The zero-order valence-corrected chi connectivity index (χ0v) is 12.0. The monoisotopic (exact) mass is 304 g/mol. The zero-order chi connectivity index (χ0) is 16.0. The van der Waals surface area contributed by atoms with Gasteiger partial charge in [-0.3, -0.25) is 9.69 Å². The number of nitrogens with zero attached hydrogens (tertiary/aromatic N) is 1. The van der Waals surface area contributed by atoms with Crippen LogP contribution >= 0.6 is 0 Å². The van der Waals surface area contributed by atoms with E-state index in [9.17, 15) is 23.1 Å². The van der Waals surface area contributed by atoms with Gasteiger partial charge < -0.3 is 10.4 Å². The Morgan fingerprint density at radius 3 is 2.57 bits per heavy atom. The van der Waals surface area contributed by atoms with E-state index in [1.807, 2.05) is 6.92 Å². The van der Waals surface area contributed by atoms with Crippen molar-refractivity contribution in [2.45, 2.75) is 26.1 Å². The number of amides is 1. The first-order valence-electron chi connectivity index (χ1n) is 6.60. The van der Waals surface area contributed by atoms with Gasteiger partial charge in [-0.25, -0.2) is 0 Å². The van der Waals surface area contributed by atoms with Crippen molar-refractivity contribution in [1.82, 2.24) is 10.2 Å². The fraction of sp³-hybridized carbons (Fsp3) is 0.500. The minimum atomic E-state index is -4.60. The largest absolute Gasteiger partial charge is 0.507 e. The van der Waals surface area contributed by atoms with Gasteiger partial charge in [-0.1, -0.05) is 13.0 Å². The molecule has 1 aromatic carbocycles. The zero-order valence-electron chi connectivity index (χ0n) is 12.0. The normalized spacial score (nSPS) is 11.7. The van der Waals surface area contributed by atoms with Crippen molar-refractivity contribution in [3.63, 3.8) is 0 Å². The van der Waals surface area contributed by atoms with E-state index in [-0.39, 0.29) is 19.0 Å². The molecule has 0 aliphatic rings. The highest BCUT2D eigenvalue weighted by atomic mass is 19.4. The Morgan fingerprint density at radius 2 is 2.05 bits per heavy atom. The molecule has 7 heteroatoms. The molecule has 0 bridgehead atoms. The van der Waals surface area contributed by atoms with Gasteiger partial charge in [0.25, 0.3) is 0 Å². The molecule has 21 heavy (non-hydrogen) atoms. The van der Waals surface area contributed by atoms with Crippen LogP contribution in [-0.4, -0.2) is 36.1 Å². The van der Waals surface area contributed by atoms with Crippen molar-refractivity contribution < 1.29 is 23.1 Å². The third kappa shape index (κ3) is 5.26. The second-order valence-electron chi connectivity index (χ2n) is 4.73. The molecule has 118 valence electrons. The number of aromatic hydroxyl groups is 1. The summed E-state index contributed by atoms with van der Waals surface area (Å²) < 4.78 is 38.2. The predicted molar refractivity (Wildman–Crippen MR) is 72.7 cm³/mol. The summed E-state index contributed by atoms with van der Waals surface area (Å²) in [6, 6.07) is 3.38. The lowest BCUT2D eigenvalue weighted by atomic mass is 10.1. The quantitative estimate of drug-likeness (QED) is 0.848. The smallest absolute Gasteiger partial charge is 0.419 e. The van der Waals surface area contributed by atoms with Crippen molar-refractivity contribution >= 4 is 5.91 Å². The van der Waals surface area contributed by atoms with Gasteiger partial charge in [-0.15, -0.1) is 0 Å². The van der Waals surface area contributed by atoms with E-state index in [1.165, 1.54) is 13.1 Å². The average molecular weight is 304 g/mol. The van der Waals surface area contributed by atoms with Gasteiger partial charge in [0.15, 0.2) is 0 Å². The molecule has 0 radical (unpaired) electrons. The number of phenolic OH excluding ortho intramolecular Hbond substituents is 1. The first-order valence-corrected chi connectivity index (χ1v) is 6.60. The molecular formula is C14H19F3N2O2. The van der Waals surface area contributed by atoms with Gasteiger partial charge >= 0.3 is 6.18 Å². The molecule has 0 fully saturated rings. The van der Waals surface area contributed by atoms with Crippen LogP contribution in [-0.2, 0) is 17.5 Å². The van der Waals surface area contributed by atoms with Crippen molar-refractivity contribution in [3.8, 4) is 5.75 Å². The second kappa shape index (κ2) is 7.31. The number of phenols is 1. The third-order valence-electron chi connectivity index (χ3n) is 2.96. The lowest BCUT2D eigenvalue weighted by Gasteiger charge is -2.21. The van der Waals surface area contributed by atoms with Crippen molar-refractivity contribution in [2.24, 2.45) is 0 Å². The summed E-state index contributed by atoms with van der Waals surface area (Å²) in [7, 11) is 1.51. The Bertz CT molecular complexity index is 490. The van der Waals surface area contributed by atoms with E-state index in [2.05, 4.69) is 5.32 Å². The maximum absolute atomic E-state index is 12.7. The fourth-order valence-corrected chi connectivity index (χ4v) is 1.98. The van der Waals surface area contributed by atoms with E-state index >= 15 is 0 Å². The minimum absolute atomic E-state index is 0.118. The van der Waals surface area contributed by atoms with Crippen molar-refractivity contribution in [3.05, 3.63) is 29.3 Å². The van der Waals surface area contributed by atoms with Gasteiger partial charge in [0.2, 0.25) is 5.91 Å². The molecule has 0 spiro atoms. The Kier molecular flexibility index (Phi) is 6.02. The van der Waals surface area contributed by atoms with Crippen LogP contribution in [0.2, 0.25) is 0 Å². The number of likely N-dealkylation sites (N-methyl/N-ethyl adjacent to an activating group) is 1. The molecule has 0 atom stereocenters. The molecule has 1 rings (SSSR count). The van der Waals surface area contributed by atoms with Crippen LogP contribution in [0.5, 0.6) is 5.75 Å². The first kappa shape index (κ1) is 17.3. The van der Waals surface area contributed by atoms with E-state index in [0.29, 0.717) is 12.1 Å². The van der Waals surface area contributed by atoms with Gasteiger partial charge in [0.05, 0.1) is 12.1 Å². The summed E-state index contributed by atoms with van der Waals surface area (Å²) in [5.74, 6) is -0.988. The summed E-state index contributed by atoms with van der Waals surface area (Å²) in [6.07, 6.45) is -3.82. The molecule has 1 amide bonds. The topological polar surface area (TPSA) is 52.6 Å². The Labute approximate surface area is 121 Å². The Morgan fingerprint density at radius 1 is 1.38 bits per heavy atom. The van der Waals surface area contributed by atoms with Crippen LogP contribution in [0.25, 0.3) is 0 Å². The SMILES string of the molecule is CCCN(CC(=O)NC)Cc1ccc(O)c(C(F)(F)F)c1. The van der Waals surface area contributed by atoms with Gasteiger partial charge in [0.1, 0.15) is 5.75 Å². The van der Waals surface area contributed by atoms with Crippen LogP contribution in [0.4, 0.5) is 13.2 Å². The van der Waals surface area contributed by atoms with Crippen molar-refractivity contribution in [1.29, 1.82) is 0 Å². The van der Waals surface area contributed by atoms with Crippen molar-refractivity contribution in [2.75, 3.05) is 20.1 Å². The average Bonchev–Trinajstić information content (AvgIpc) is 2.39. The van der Waals surface area contributed by atoms with E-state index in [4.69, 9.17) is 0 Å². The Balaban J connectivity index is 2.91. The summed E-state index contributed by atoms with van der Waals surface area (Å²) >= 11 is 0. The highest BCUT2D eigenvalue weighted by Crippen LogP contribution is 2.36. The molecule has 0 saturated carbocycles. The number of benzene rings is 1. The molecule has 2 N–H and O–H groups in total. The highest BCUT2D eigenvalue weighted by molar-refractivity contribution is 5.77. The summed E-state index contributed by atoms with van der Waals surface area (Å²) in [5.41, 5.74) is -0.658. The predicted octanol–water partition coefficient (Wildman–Crippen LogP) is 2.37. The first-order chi connectivity index (χ1) is 9.77. The number of rotatable bonds is 6. The molecule has 1 aromatic rings. The Hall–Kier alpha value is -1.76. The molecule has 0 saturated heterocycles. The van der Waals surface area contributed by atoms with Gasteiger partial charge in [0, 0.05) is 13.6 Å². The van der Waals surface area contributed by atoms with Crippen LogP contribution in [0.1, 0.15) is 24.5 Å². The summed E-state index contributed by atoms with van der Waals surface area (Å²) in [5, 5.41) is 11.8. The van der Waals surface area contributed by atoms with Crippen LogP contribution in [0.15, 0.2) is 18.2 Å². The van der Waals surface area contributed by atoms with Crippen LogP contribution < -0.4 is 5.32 Å². The maximum Gasteiger partial charge on any atom is 0.419 e. The molecule has 4 nitrogen and oxygen atoms in total. The number of hydrogen-bond acceptors (Lipinski definition) is 3. The summed E-state index contributed by atoms with van der Waals surface area (Å²) in [4.78, 5) is 13.2. The molecule has 0 aliphatic carbocycles. The number of carbonyl (C=O) groups is 1. The van der Waals surface area contributed by atoms with Crippen LogP contribution in [0, 0.1) is 0 Å². The standard InChI is InChI=1S/C14H19F3N2O2/c1-3-6-19(9-13(21)18-2)8-10-4-5-12(20)11(7-10)14(15,16)17/h4-5,7,20H,3,6,8-9H2,1-2H3,(H,18,21). The van der Waals surface area contributed by atoms with Gasteiger partial charge in [-0.05, 0) is 30.7 Å². The third-order valence-corrected chi connectivity index (χ3v) is 2.96. The van der Waals surface area contributed by atoms with Gasteiger partial charge in [-0.2, -0.15) is 13.2 Å². The van der Waals surface area contributed by atoms with Crippen LogP contribution in [0.3, 0.4) is 0 Å². The summed E-state index contributed by atoms with van der Waals surface area (Å²) in [6.45, 7) is 2.85. The minimum Gasteiger partial charge on any atom is -0.507 e. The lowest BCUT2D eigenvalue weighted by Crippen LogP contribution is -2.35.